The lowest BCUT2D eigenvalue weighted by atomic mass is 10.0. The predicted octanol–water partition coefficient (Wildman–Crippen LogP) is 4.12. The minimum Gasteiger partial charge on any atom is -0.478 e. The van der Waals surface area contributed by atoms with E-state index < -0.39 is 22.8 Å². The number of amides is 1. The van der Waals surface area contributed by atoms with Gasteiger partial charge in [0.25, 0.3) is 0 Å². The van der Waals surface area contributed by atoms with Gasteiger partial charge in [0.1, 0.15) is 5.82 Å². The normalized spacial score (nSPS) is 11.1. The SMILES string of the molecule is COC(=O)N(C)Cc1ccc(-c2[nH]c3cc(F)cc(C(=O)O)c3c2C=C[N+](=O)[O-])cc1. The molecule has 3 rings (SSSR count). The van der Waals surface area contributed by atoms with E-state index in [1.165, 1.54) is 18.1 Å². The van der Waals surface area contributed by atoms with Crippen molar-refractivity contribution in [1.29, 1.82) is 0 Å². The quantitative estimate of drug-likeness (QED) is 0.450. The van der Waals surface area contributed by atoms with Crippen LogP contribution in [0.3, 0.4) is 0 Å². The number of nitro groups is 1. The van der Waals surface area contributed by atoms with Crippen LogP contribution >= 0.6 is 0 Å². The number of rotatable bonds is 6. The molecule has 1 heterocycles. The number of hydrogen-bond acceptors (Lipinski definition) is 5. The number of aromatic carboxylic acids is 1. The molecule has 0 aliphatic carbocycles. The highest BCUT2D eigenvalue weighted by Gasteiger charge is 2.20. The molecule has 160 valence electrons. The molecule has 0 radical (unpaired) electrons. The van der Waals surface area contributed by atoms with Crippen LogP contribution in [-0.4, -0.2) is 46.1 Å². The topological polar surface area (TPSA) is 126 Å². The van der Waals surface area contributed by atoms with E-state index in [0.717, 1.165) is 17.7 Å². The Morgan fingerprint density at radius 3 is 2.55 bits per heavy atom. The van der Waals surface area contributed by atoms with E-state index in [1.807, 2.05) is 0 Å². The summed E-state index contributed by atoms with van der Waals surface area (Å²) >= 11 is 0. The second-order valence-electron chi connectivity index (χ2n) is 6.72. The van der Waals surface area contributed by atoms with Crippen molar-refractivity contribution in [2.45, 2.75) is 6.54 Å². The van der Waals surface area contributed by atoms with Crippen molar-refractivity contribution in [3.63, 3.8) is 0 Å². The maximum Gasteiger partial charge on any atom is 0.409 e. The Kier molecular flexibility index (Phi) is 6.00. The van der Waals surface area contributed by atoms with Gasteiger partial charge in [-0.05, 0) is 23.3 Å². The van der Waals surface area contributed by atoms with Gasteiger partial charge >= 0.3 is 12.1 Å². The molecule has 0 aliphatic heterocycles. The summed E-state index contributed by atoms with van der Waals surface area (Å²) in [5.41, 5.74) is 1.94. The van der Waals surface area contributed by atoms with Crippen LogP contribution in [0.2, 0.25) is 0 Å². The summed E-state index contributed by atoms with van der Waals surface area (Å²) in [5.74, 6) is -2.10. The van der Waals surface area contributed by atoms with E-state index in [-0.39, 0.29) is 22.0 Å². The van der Waals surface area contributed by atoms with Crippen molar-refractivity contribution >= 4 is 29.0 Å². The zero-order chi connectivity index (χ0) is 22.7. The van der Waals surface area contributed by atoms with Crippen LogP contribution in [0.1, 0.15) is 21.5 Å². The van der Waals surface area contributed by atoms with Gasteiger partial charge in [-0.1, -0.05) is 24.3 Å². The molecule has 0 bridgehead atoms. The Morgan fingerprint density at radius 1 is 1.29 bits per heavy atom. The Bertz CT molecular complexity index is 1200. The van der Waals surface area contributed by atoms with Gasteiger partial charge in [-0.25, -0.2) is 14.0 Å². The Labute approximate surface area is 175 Å². The zero-order valence-electron chi connectivity index (χ0n) is 16.6. The fourth-order valence-electron chi connectivity index (χ4n) is 3.29. The number of H-pyrrole nitrogens is 1. The Balaban J connectivity index is 2.12. The fourth-order valence-corrected chi connectivity index (χ4v) is 3.29. The van der Waals surface area contributed by atoms with Gasteiger partial charge in [0.15, 0.2) is 0 Å². The lowest BCUT2D eigenvalue weighted by Gasteiger charge is -2.15. The lowest BCUT2D eigenvalue weighted by molar-refractivity contribution is -0.400. The molecule has 9 nitrogen and oxygen atoms in total. The van der Waals surface area contributed by atoms with Gasteiger partial charge in [-0.3, -0.25) is 10.1 Å². The number of carbonyl (C=O) groups excluding carboxylic acids is 1. The zero-order valence-corrected chi connectivity index (χ0v) is 16.6. The van der Waals surface area contributed by atoms with Crippen LogP contribution < -0.4 is 0 Å². The van der Waals surface area contributed by atoms with E-state index in [1.54, 1.807) is 31.3 Å². The molecule has 0 fully saturated rings. The van der Waals surface area contributed by atoms with Crippen LogP contribution in [0.4, 0.5) is 9.18 Å². The monoisotopic (exact) mass is 427 g/mol. The number of nitrogens with zero attached hydrogens (tertiary/aromatic N) is 2. The van der Waals surface area contributed by atoms with Crippen LogP contribution in [0.5, 0.6) is 0 Å². The first-order chi connectivity index (χ1) is 14.7. The van der Waals surface area contributed by atoms with E-state index >= 15 is 0 Å². The van der Waals surface area contributed by atoms with Crippen LogP contribution in [0.15, 0.2) is 42.6 Å². The smallest absolute Gasteiger partial charge is 0.409 e. The van der Waals surface area contributed by atoms with Gasteiger partial charge in [-0.2, -0.15) is 0 Å². The molecule has 3 aromatic rings. The highest BCUT2D eigenvalue weighted by molar-refractivity contribution is 6.09. The minimum atomic E-state index is -1.35. The first-order valence-corrected chi connectivity index (χ1v) is 9.00. The summed E-state index contributed by atoms with van der Waals surface area (Å²) < 4.78 is 18.6. The number of carboxylic acids is 1. The van der Waals surface area contributed by atoms with Crippen molar-refractivity contribution < 1.29 is 28.7 Å². The number of ether oxygens (including phenoxy) is 1. The fraction of sp³-hybridized carbons (Fsp3) is 0.143. The molecule has 0 saturated heterocycles. The molecule has 0 atom stereocenters. The predicted molar refractivity (Wildman–Crippen MR) is 111 cm³/mol. The molecular weight excluding hydrogens is 409 g/mol. The third kappa shape index (κ3) is 4.53. The maximum absolute atomic E-state index is 13.9. The second-order valence-corrected chi connectivity index (χ2v) is 6.72. The highest BCUT2D eigenvalue weighted by Crippen LogP contribution is 2.34. The largest absolute Gasteiger partial charge is 0.478 e. The first-order valence-electron chi connectivity index (χ1n) is 9.00. The molecule has 0 spiro atoms. The lowest BCUT2D eigenvalue weighted by Crippen LogP contribution is -2.25. The summed E-state index contributed by atoms with van der Waals surface area (Å²) in [5, 5.41) is 20.5. The van der Waals surface area contributed by atoms with Crippen LogP contribution in [0, 0.1) is 15.9 Å². The molecular formula is C21H18FN3O6. The average Bonchev–Trinajstić information content (AvgIpc) is 3.09. The Hall–Kier alpha value is -4.21. The summed E-state index contributed by atoms with van der Waals surface area (Å²) in [6.45, 7) is 0.294. The molecule has 0 unspecified atom stereocenters. The van der Waals surface area contributed by atoms with Gasteiger partial charge in [0.05, 0.1) is 28.8 Å². The van der Waals surface area contributed by atoms with E-state index in [0.29, 0.717) is 24.0 Å². The number of carbonyl (C=O) groups is 2. The van der Waals surface area contributed by atoms with Crippen molar-refractivity contribution in [1.82, 2.24) is 9.88 Å². The maximum atomic E-state index is 13.9. The number of methoxy groups -OCH3 is 1. The minimum absolute atomic E-state index is 0.163. The molecule has 2 aromatic carbocycles. The summed E-state index contributed by atoms with van der Waals surface area (Å²) in [4.78, 5) is 37.7. The van der Waals surface area contributed by atoms with E-state index in [4.69, 9.17) is 0 Å². The molecule has 1 amide bonds. The van der Waals surface area contributed by atoms with Gasteiger partial charge in [-0.15, -0.1) is 0 Å². The third-order valence-corrected chi connectivity index (χ3v) is 4.64. The number of hydrogen-bond donors (Lipinski definition) is 2. The molecule has 2 N–H and O–H groups in total. The average molecular weight is 427 g/mol. The second kappa shape index (κ2) is 8.66. The highest BCUT2D eigenvalue weighted by atomic mass is 19.1. The number of carboxylic acid groups (broad SMARTS) is 1. The molecule has 31 heavy (non-hydrogen) atoms. The van der Waals surface area contributed by atoms with Crippen LogP contribution in [0.25, 0.3) is 28.2 Å². The van der Waals surface area contributed by atoms with Gasteiger partial charge in [0.2, 0.25) is 6.20 Å². The number of fused-ring (bicyclic) bond motifs is 1. The third-order valence-electron chi connectivity index (χ3n) is 4.64. The number of aromatic amines is 1. The molecule has 1 aromatic heterocycles. The summed E-state index contributed by atoms with van der Waals surface area (Å²) in [6.07, 6.45) is 1.38. The number of aromatic nitrogens is 1. The van der Waals surface area contributed by atoms with Crippen molar-refractivity contribution in [2.75, 3.05) is 14.2 Å². The van der Waals surface area contributed by atoms with Crippen molar-refractivity contribution in [3.05, 3.63) is 75.2 Å². The number of benzene rings is 2. The summed E-state index contributed by atoms with van der Waals surface area (Å²) in [6, 6.07) is 8.93. The van der Waals surface area contributed by atoms with Gasteiger partial charge < -0.3 is 19.7 Å². The number of halogens is 1. The molecule has 0 aliphatic rings. The first kappa shape index (κ1) is 21.5. The Morgan fingerprint density at radius 2 is 1.97 bits per heavy atom. The molecule has 0 saturated carbocycles. The van der Waals surface area contributed by atoms with Gasteiger partial charge in [0, 0.05) is 30.6 Å². The van der Waals surface area contributed by atoms with E-state index in [2.05, 4.69) is 9.72 Å². The number of nitrogens with one attached hydrogen (secondary N) is 1. The van der Waals surface area contributed by atoms with E-state index in [9.17, 15) is 29.2 Å². The summed E-state index contributed by atoms with van der Waals surface area (Å²) in [7, 11) is 2.87. The molecule has 10 heteroatoms. The van der Waals surface area contributed by atoms with Crippen molar-refractivity contribution in [3.8, 4) is 11.3 Å². The van der Waals surface area contributed by atoms with Crippen LogP contribution in [-0.2, 0) is 11.3 Å². The standard InChI is InChI=1S/C21H18FN3O6/c1-24(21(28)31-2)11-12-3-5-13(6-4-12)19-15(7-8-25(29)30)18-16(20(26)27)9-14(22)10-17(18)23-19/h3-10,23H,11H2,1-2H3,(H,26,27). The van der Waals surface area contributed by atoms with Crippen molar-refractivity contribution in [2.24, 2.45) is 0 Å².